The lowest BCUT2D eigenvalue weighted by Crippen LogP contribution is -2.55. The SMILES string of the molecule is CCNC(=O)N1CCN(C2CCN(Cc3ccccc3S(C)(=O)=O)CC2)CC1. The van der Waals surface area contributed by atoms with Crippen molar-refractivity contribution in [1.29, 1.82) is 0 Å². The Labute approximate surface area is 168 Å². The van der Waals surface area contributed by atoms with Crippen LogP contribution in [-0.2, 0) is 16.4 Å². The van der Waals surface area contributed by atoms with E-state index < -0.39 is 9.84 Å². The van der Waals surface area contributed by atoms with Crippen LogP contribution in [0.2, 0.25) is 0 Å². The third-order valence-corrected chi connectivity index (χ3v) is 6.97. The summed E-state index contributed by atoms with van der Waals surface area (Å²) in [4.78, 5) is 19.1. The standard InChI is InChI=1S/C20H32N4O3S/c1-3-21-20(25)24-14-12-23(13-15-24)18-8-10-22(11-9-18)16-17-6-4-5-7-19(17)28(2,26)27/h4-7,18H,3,8-16H2,1-2H3,(H,21,25). The van der Waals surface area contributed by atoms with Gasteiger partial charge in [0.1, 0.15) is 0 Å². The highest BCUT2D eigenvalue weighted by Gasteiger charge is 2.29. The normalized spacial score (nSPS) is 20.3. The molecule has 0 bridgehead atoms. The number of piperidine rings is 1. The van der Waals surface area contributed by atoms with Crippen molar-refractivity contribution >= 4 is 15.9 Å². The highest BCUT2D eigenvalue weighted by atomic mass is 32.2. The van der Waals surface area contributed by atoms with Crippen molar-refractivity contribution in [2.45, 2.75) is 37.2 Å². The summed E-state index contributed by atoms with van der Waals surface area (Å²) in [6, 6.07) is 7.91. The lowest BCUT2D eigenvalue weighted by atomic mass is 10.0. The summed E-state index contributed by atoms with van der Waals surface area (Å²) in [5.74, 6) is 0. The zero-order valence-electron chi connectivity index (χ0n) is 16.9. The molecule has 0 aromatic heterocycles. The Balaban J connectivity index is 1.49. The molecule has 2 aliphatic rings. The summed E-state index contributed by atoms with van der Waals surface area (Å²) >= 11 is 0. The van der Waals surface area contributed by atoms with Gasteiger partial charge in [0.15, 0.2) is 9.84 Å². The number of urea groups is 1. The minimum Gasteiger partial charge on any atom is -0.338 e. The van der Waals surface area contributed by atoms with Crippen LogP contribution in [0.3, 0.4) is 0 Å². The van der Waals surface area contributed by atoms with Crippen molar-refractivity contribution in [3.63, 3.8) is 0 Å². The molecule has 8 heteroatoms. The van der Waals surface area contributed by atoms with E-state index in [-0.39, 0.29) is 6.03 Å². The van der Waals surface area contributed by atoms with Gasteiger partial charge in [-0.15, -0.1) is 0 Å². The van der Waals surface area contributed by atoms with Crippen molar-refractivity contribution in [2.75, 3.05) is 52.1 Å². The first-order chi connectivity index (χ1) is 13.4. The second kappa shape index (κ2) is 9.24. The molecule has 2 fully saturated rings. The predicted molar refractivity (Wildman–Crippen MR) is 110 cm³/mol. The fraction of sp³-hybridized carbons (Fsp3) is 0.650. The molecule has 2 aliphatic heterocycles. The maximum Gasteiger partial charge on any atom is 0.317 e. The Bertz CT molecular complexity index is 767. The molecule has 1 N–H and O–H groups in total. The molecule has 2 heterocycles. The van der Waals surface area contributed by atoms with Gasteiger partial charge in [0, 0.05) is 51.6 Å². The quantitative estimate of drug-likeness (QED) is 0.797. The van der Waals surface area contributed by atoms with Crippen molar-refractivity contribution in [3.8, 4) is 0 Å². The molecule has 156 valence electrons. The van der Waals surface area contributed by atoms with Crippen molar-refractivity contribution in [2.24, 2.45) is 0 Å². The van der Waals surface area contributed by atoms with Gasteiger partial charge >= 0.3 is 6.03 Å². The van der Waals surface area contributed by atoms with Crippen LogP contribution < -0.4 is 5.32 Å². The zero-order chi connectivity index (χ0) is 20.1. The van der Waals surface area contributed by atoms with Gasteiger partial charge in [0.2, 0.25) is 0 Å². The molecule has 0 aliphatic carbocycles. The van der Waals surface area contributed by atoms with Crippen LogP contribution in [0.4, 0.5) is 4.79 Å². The lowest BCUT2D eigenvalue weighted by Gasteiger charge is -2.42. The highest BCUT2D eigenvalue weighted by Crippen LogP contribution is 2.22. The Morgan fingerprint density at radius 3 is 2.32 bits per heavy atom. The van der Waals surface area contributed by atoms with Crippen LogP contribution in [-0.4, -0.2) is 87.3 Å². The summed E-state index contributed by atoms with van der Waals surface area (Å²) in [5, 5.41) is 2.87. The summed E-state index contributed by atoms with van der Waals surface area (Å²) in [5.41, 5.74) is 0.888. The molecule has 0 atom stereocenters. The molecule has 7 nitrogen and oxygen atoms in total. The minimum absolute atomic E-state index is 0.0431. The number of piperazine rings is 1. The molecule has 3 rings (SSSR count). The van der Waals surface area contributed by atoms with Gasteiger partial charge in [0.25, 0.3) is 0 Å². The Kier molecular flexibility index (Phi) is 6.95. The van der Waals surface area contributed by atoms with Crippen molar-refractivity contribution < 1.29 is 13.2 Å². The van der Waals surface area contributed by atoms with E-state index >= 15 is 0 Å². The molecule has 0 spiro atoms. The second-order valence-electron chi connectivity index (χ2n) is 7.75. The number of amides is 2. The smallest absolute Gasteiger partial charge is 0.317 e. The third-order valence-electron chi connectivity index (χ3n) is 5.77. The molecule has 0 unspecified atom stereocenters. The largest absolute Gasteiger partial charge is 0.338 e. The second-order valence-corrected chi connectivity index (χ2v) is 9.73. The van der Waals surface area contributed by atoms with Crippen molar-refractivity contribution in [1.82, 2.24) is 20.0 Å². The maximum atomic E-state index is 12.0. The first-order valence-electron chi connectivity index (χ1n) is 10.2. The average molecular weight is 409 g/mol. The number of sulfone groups is 1. The van der Waals surface area contributed by atoms with Gasteiger partial charge < -0.3 is 10.2 Å². The Hall–Kier alpha value is -1.64. The zero-order valence-corrected chi connectivity index (χ0v) is 17.7. The van der Waals surface area contributed by atoms with Gasteiger partial charge in [-0.1, -0.05) is 18.2 Å². The van der Waals surface area contributed by atoms with E-state index in [2.05, 4.69) is 15.1 Å². The van der Waals surface area contributed by atoms with E-state index in [0.29, 0.717) is 24.0 Å². The predicted octanol–water partition coefficient (Wildman–Crippen LogP) is 1.40. The van der Waals surface area contributed by atoms with Crippen molar-refractivity contribution in [3.05, 3.63) is 29.8 Å². The number of benzene rings is 1. The van der Waals surface area contributed by atoms with Gasteiger partial charge in [-0.25, -0.2) is 13.2 Å². The summed E-state index contributed by atoms with van der Waals surface area (Å²) in [6.45, 7) is 8.66. The molecule has 2 saturated heterocycles. The number of hydrogen-bond donors (Lipinski definition) is 1. The number of likely N-dealkylation sites (tertiary alicyclic amines) is 1. The minimum atomic E-state index is -3.20. The molecular weight excluding hydrogens is 376 g/mol. The number of nitrogens with zero attached hydrogens (tertiary/aromatic N) is 3. The molecule has 0 radical (unpaired) electrons. The van der Waals surface area contributed by atoms with E-state index in [1.54, 1.807) is 12.1 Å². The van der Waals surface area contributed by atoms with E-state index in [9.17, 15) is 13.2 Å². The fourth-order valence-electron chi connectivity index (χ4n) is 4.23. The van der Waals surface area contributed by atoms with E-state index in [4.69, 9.17) is 0 Å². The number of rotatable bonds is 5. The van der Waals surface area contributed by atoms with Gasteiger partial charge in [0.05, 0.1) is 4.90 Å². The monoisotopic (exact) mass is 408 g/mol. The number of carbonyl (C=O) groups excluding carboxylic acids is 1. The maximum absolute atomic E-state index is 12.0. The van der Waals surface area contributed by atoms with Gasteiger partial charge in [-0.3, -0.25) is 9.80 Å². The van der Waals surface area contributed by atoms with Crippen LogP contribution in [0.1, 0.15) is 25.3 Å². The van der Waals surface area contributed by atoms with Gasteiger partial charge in [-0.2, -0.15) is 0 Å². The fourth-order valence-corrected chi connectivity index (χ4v) is 5.17. The van der Waals surface area contributed by atoms with E-state index in [0.717, 1.165) is 57.7 Å². The van der Waals surface area contributed by atoms with Crippen LogP contribution >= 0.6 is 0 Å². The molecule has 2 amide bonds. The molecule has 1 aromatic carbocycles. The highest BCUT2D eigenvalue weighted by molar-refractivity contribution is 7.90. The van der Waals surface area contributed by atoms with Crippen LogP contribution in [0.25, 0.3) is 0 Å². The van der Waals surface area contributed by atoms with Crippen LogP contribution in [0.5, 0.6) is 0 Å². The summed E-state index contributed by atoms with van der Waals surface area (Å²) in [7, 11) is -3.20. The van der Waals surface area contributed by atoms with Crippen LogP contribution in [0, 0.1) is 0 Å². The first kappa shape index (κ1) is 21.1. The Morgan fingerprint density at radius 1 is 1.07 bits per heavy atom. The lowest BCUT2D eigenvalue weighted by molar-refractivity contribution is 0.0668. The van der Waals surface area contributed by atoms with E-state index in [1.807, 2.05) is 24.0 Å². The molecule has 0 saturated carbocycles. The topological polar surface area (TPSA) is 73.0 Å². The third kappa shape index (κ3) is 5.24. The number of hydrogen-bond acceptors (Lipinski definition) is 5. The number of nitrogens with one attached hydrogen (secondary N) is 1. The first-order valence-corrected chi connectivity index (χ1v) is 12.0. The molecule has 28 heavy (non-hydrogen) atoms. The number of carbonyl (C=O) groups is 1. The van der Waals surface area contributed by atoms with E-state index in [1.165, 1.54) is 6.26 Å². The molecular formula is C20H32N4O3S. The molecule has 1 aromatic rings. The Morgan fingerprint density at radius 2 is 1.71 bits per heavy atom. The van der Waals surface area contributed by atoms with Crippen LogP contribution in [0.15, 0.2) is 29.2 Å². The van der Waals surface area contributed by atoms with Gasteiger partial charge in [-0.05, 0) is 44.5 Å². The summed E-state index contributed by atoms with van der Waals surface area (Å²) < 4.78 is 24.0. The average Bonchev–Trinajstić information content (AvgIpc) is 2.68. The summed E-state index contributed by atoms with van der Waals surface area (Å²) in [6.07, 6.45) is 3.45.